The number of aromatic nitrogens is 3. The van der Waals surface area contributed by atoms with Crippen LogP contribution in [0, 0.1) is 10.1 Å². The first-order valence-electron chi connectivity index (χ1n) is 3.56. The largest absolute Gasteiger partial charge is 0.417 e. The van der Waals surface area contributed by atoms with Crippen molar-refractivity contribution in [2.75, 3.05) is 6.54 Å². The van der Waals surface area contributed by atoms with Crippen molar-refractivity contribution in [3.05, 3.63) is 21.2 Å². The van der Waals surface area contributed by atoms with Crippen LogP contribution in [-0.4, -0.2) is 32.4 Å². The first-order valence-corrected chi connectivity index (χ1v) is 4.35. The van der Waals surface area contributed by atoms with Gasteiger partial charge in [-0.1, -0.05) is 0 Å². The Morgan fingerprint density at radius 3 is 2.60 bits per heavy atom. The summed E-state index contributed by atoms with van der Waals surface area (Å²) < 4.78 is 37.4. The molecule has 0 N–H and O–H groups in total. The molecule has 6 nitrogen and oxygen atoms in total. The second kappa shape index (κ2) is 4.13. The molecule has 15 heavy (non-hydrogen) atoms. The third-order valence-corrected chi connectivity index (χ3v) is 2.09. The number of alkyl halides is 3. The zero-order chi connectivity index (χ0) is 11.6. The molecular weight excluding hydrogens is 285 g/mol. The molecule has 10 heteroatoms. The third kappa shape index (κ3) is 2.88. The van der Waals surface area contributed by atoms with Gasteiger partial charge in [-0.15, -0.1) is 0 Å². The molecule has 1 unspecified atom stereocenters. The van der Waals surface area contributed by atoms with Crippen molar-refractivity contribution in [3.8, 4) is 0 Å². The van der Waals surface area contributed by atoms with E-state index in [0.717, 1.165) is 6.33 Å². The van der Waals surface area contributed by atoms with Gasteiger partial charge in [0, 0.05) is 4.92 Å². The molecule has 0 saturated heterocycles. The van der Waals surface area contributed by atoms with E-state index in [0.29, 0.717) is 4.68 Å². The van der Waals surface area contributed by atoms with Gasteiger partial charge in [0.05, 0.1) is 0 Å². The van der Waals surface area contributed by atoms with Crippen LogP contribution in [0.25, 0.3) is 0 Å². The average molecular weight is 289 g/mol. The van der Waals surface area contributed by atoms with Gasteiger partial charge in [-0.05, 0) is 15.9 Å². The number of halogens is 4. The van der Waals surface area contributed by atoms with Gasteiger partial charge >= 0.3 is 6.18 Å². The lowest BCUT2D eigenvalue weighted by molar-refractivity contribution is -0.495. The zero-order valence-electron chi connectivity index (χ0n) is 6.98. The van der Waals surface area contributed by atoms with Crippen molar-refractivity contribution >= 4 is 15.9 Å². The number of rotatable bonds is 3. The molecule has 0 radical (unpaired) electrons. The fraction of sp³-hybridized carbons (Fsp3) is 0.600. The minimum absolute atomic E-state index is 0.202. The molecule has 0 bridgehead atoms. The monoisotopic (exact) mass is 288 g/mol. The highest BCUT2D eigenvalue weighted by Crippen LogP contribution is 2.31. The van der Waals surface area contributed by atoms with E-state index in [4.69, 9.17) is 0 Å². The topological polar surface area (TPSA) is 73.8 Å². The number of nitro groups is 1. The van der Waals surface area contributed by atoms with Crippen LogP contribution in [0.15, 0.2) is 11.1 Å². The molecule has 0 aliphatic rings. The van der Waals surface area contributed by atoms with Gasteiger partial charge < -0.3 is 0 Å². The van der Waals surface area contributed by atoms with Crippen molar-refractivity contribution in [1.29, 1.82) is 0 Å². The maximum Gasteiger partial charge on any atom is 0.417 e. The molecule has 1 aromatic heterocycles. The highest BCUT2D eigenvalue weighted by atomic mass is 79.9. The summed E-state index contributed by atoms with van der Waals surface area (Å²) in [6.07, 6.45) is -3.87. The molecule has 1 aromatic rings. The Morgan fingerprint density at radius 1 is 1.67 bits per heavy atom. The molecule has 0 fully saturated rings. The lowest BCUT2D eigenvalue weighted by Gasteiger charge is -2.16. The average Bonchev–Trinajstić information content (AvgIpc) is 2.45. The molecular formula is C5H4BrF3N4O2. The highest BCUT2D eigenvalue weighted by molar-refractivity contribution is 9.10. The van der Waals surface area contributed by atoms with Gasteiger partial charge in [-0.3, -0.25) is 10.1 Å². The summed E-state index contributed by atoms with van der Waals surface area (Å²) >= 11 is 2.72. The predicted molar refractivity (Wildman–Crippen MR) is 44.7 cm³/mol. The van der Waals surface area contributed by atoms with Crippen molar-refractivity contribution in [3.63, 3.8) is 0 Å². The second-order valence-corrected chi connectivity index (χ2v) is 3.26. The Morgan fingerprint density at radius 2 is 2.27 bits per heavy atom. The Bertz CT molecular complexity index is 365. The minimum atomic E-state index is -4.75. The maximum absolute atomic E-state index is 12.4. The summed E-state index contributed by atoms with van der Waals surface area (Å²) in [4.78, 5) is 12.4. The van der Waals surface area contributed by atoms with Gasteiger partial charge in [-0.2, -0.15) is 18.3 Å². The SMILES string of the molecule is O=[N+]([O-])CC(n1ncnc1Br)C(F)(F)F. The van der Waals surface area contributed by atoms with Crippen LogP contribution < -0.4 is 0 Å². The van der Waals surface area contributed by atoms with Crippen molar-refractivity contribution < 1.29 is 18.1 Å². The lowest BCUT2D eigenvalue weighted by atomic mass is 10.3. The fourth-order valence-electron chi connectivity index (χ4n) is 0.906. The van der Waals surface area contributed by atoms with Crippen LogP contribution in [0.2, 0.25) is 0 Å². The number of hydrogen-bond acceptors (Lipinski definition) is 4. The standard InChI is InChI=1S/C5H4BrF3N4O2/c6-4-10-2-11-13(4)3(1-12(14)15)5(7,8)9/h2-3H,1H2. The summed E-state index contributed by atoms with van der Waals surface area (Å²) in [5.74, 6) is 0. The maximum atomic E-state index is 12.4. The summed E-state index contributed by atoms with van der Waals surface area (Å²) in [7, 11) is 0. The van der Waals surface area contributed by atoms with Crippen molar-refractivity contribution in [1.82, 2.24) is 14.8 Å². The fourth-order valence-corrected chi connectivity index (χ4v) is 1.34. The number of nitrogens with zero attached hydrogens (tertiary/aromatic N) is 4. The predicted octanol–water partition coefficient (Wildman–Crippen LogP) is 1.42. The van der Waals surface area contributed by atoms with E-state index < -0.39 is 23.7 Å². The quantitative estimate of drug-likeness (QED) is 0.623. The summed E-state index contributed by atoms with van der Waals surface area (Å²) in [6.45, 7) is -1.29. The molecule has 0 aromatic carbocycles. The molecule has 1 atom stereocenters. The first kappa shape index (κ1) is 11.9. The molecule has 1 rings (SSSR count). The van der Waals surface area contributed by atoms with Crippen LogP contribution in [0.5, 0.6) is 0 Å². The van der Waals surface area contributed by atoms with Crippen LogP contribution in [0.4, 0.5) is 13.2 Å². The normalized spacial score (nSPS) is 13.9. The van der Waals surface area contributed by atoms with Crippen LogP contribution in [0.1, 0.15) is 6.04 Å². The van der Waals surface area contributed by atoms with Crippen LogP contribution >= 0.6 is 15.9 Å². The molecule has 0 aliphatic carbocycles. The van der Waals surface area contributed by atoms with E-state index in [-0.39, 0.29) is 4.73 Å². The lowest BCUT2D eigenvalue weighted by Crippen LogP contribution is -2.33. The summed E-state index contributed by atoms with van der Waals surface area (Å²) in [5.41, 5.74) is 0. The zero-order valence-corrected chi connectivity index (χ0v) is 8.57. The third-order valence-electron chi connectivity index (χ3n) is 1.52. The van der Waals surface area contributed by atoms with Crippen molar-refractivity contribution in [2.45, 2.75) is 12.2 Å². The van der Waals surface area contributed by atoms with Gasteiger partial charge in [0.15, 0.2) is 4.73 Å². The minimum Gasteiger partial charge on any atom is -0.264 e. The molecule has 0 amide bonds. The van der Waals surface area contributed by atoms with Gasteiger partial charge in [0.1, 0.15) is 6.33 Å². The van der Waals surface area contributed by atoms with E-state index >= 15 is 0 Å². The van der Waals surface area contributed by atoms with Crippen LogP contribution in [-0.2, 0) is 0 Å². The molecule has 0 aliphatic heterocycles. The molecule has 0 saturated carbocycles. The Balaban J connectivity index is 3.02. The van der Waals surface area contributed by atoms with Gasteiger partial charge in [-0.25, -0.2) is 9.67 Å². The van der Waals surface area contributed by atoms with Crippen molar-refractivity contribution in [2.24, 2.45) is 0 Å². The van der Waals surface area contributed by atoms with Gasteiger partial charge in [0.2, 0.25) is 12.6 Å². The molecule has 0 spiro atoms. The van der Waals surface area contributed by atoms with E-state index in [2.05, 4.69) is 26.0 Å². The Labute approximate surface area is 89.4 Å². The summed E-state index contributed by atoms with van der Waals surface area (Å²) in [6, 6.07) is -2.32. The molecule has 1 heterocycles. The summed E-state index contributed by atoms with van der Waals surface area (Å²) in [5, 5.41) is 13.4. The highest BCUT2D eigenvalue weighted by Gasteiger charge is 2.46. The van der Waals surface area contributed by atoms with E-state index in [1.807, 2.05) is 0 Å². The van der Waals surface area contributed by atoms with E-state index in [1.165, 1.54) is 0 Å². The van der Waals surface area contributed by atoms with Gasteiger partial charge in [0.25, 0.3) is 0 Å². The molecule has 84 valence electrons. The van der Waals surface area contributed by atoms with Crippen LogP contribution in [0.3, 0.4) is 0 Å². The Kier molecular flexibility index (Phi) is 3.27. The van der Waals surface area contributed by atoms with E-state index in [1.54, 1.807) is 0 Å². The smallest absolute Gasteiger partial charge is 0.264 e. The number of hydrogen-bond donors (Lipinski definition) is 0. The first-order chi connectivity index (χ1) is 6.82. The van der Waals surface area contributed by atoms with E-state index in [9.17, 15) is 23.3 Å². The Hall–Kier alpha value is -1.19. The second-order valence-electron chi connectivity index (χ2n) is 2.55.